The maximum Gasteiger partial charge on any atom is 0.255 e. The van der Waals surface area contributed by atoms with E-state index in [1.54, 1.807) is 0 Å². The Morgan fingerprint density at radius 3 is 3.06 bits per heavy atom. The van der Waals surface area contributed by atoms with Crippen molar-refractivity contribution in [3.63, 3.8) is 0 Å². The molecule has 0 radical (unpaired) electrons. The van der Waals surface area contributed by atoms with Crippen LogP contribution >= 0.6 is 11.5 Å². The molecule has 5 N–H and O–H groups in total. The highest BCUT2D eigenvalue weighted by molar-refractivity contribution is 7.11. The van der Waals surface area contributed by atoms with E-state index in [0.717, 1.165) is 11.5 Å². The molecule has 1 amide bonds. The fourth-order valence-corrected chi connectivity index (χ4v) is 1.80. The quantitative estimate of drug-likeness (QED) is 0.674. The van der Waals surface area contributed by atoms with Crippen LogP contribution in [-0.4, -0.2) is 20.4 Å². The van der Waals surface area contributed by atoms with Gasteiger partial charge in [-0.15, -0.1) is 0 Å². The van der Waals surface area contributed by atoms with E-state index in [2.05, 4.69) is 24.4 Å². The molecule has 84 valence electrons. The SMILES string of the molecule is NC(=O)c1c(N)nsc1NCc1ncon1. The van der Waals surface area contributed by atoms with Gasteiger partial charge < -0.3 is 21.3 Å². The Balaban J connectivity index is 2.13. The number of carbonyl (C=O) groups is 1. The average Bonchev–Trinajstić information content (AvgIpc) is 2.83. The van der Waals surface area contributed by atoms with E-state index in [4.69, 9.17) is 11.5 Å². The van der Waals surface area contributed by atoms with Gasteiger partial charge in [0.2, 0.25) is 6.39 Å². The molecule has 0 bridgehead atoms. The number of carbonyl (C=O) groups excluding carboxylic acids is 1. The van der Waals surface area contributed by atoms with Crippen LogP contribution in [-0.2, 0) is 6.54 Å². The van der Waals surface area contributed by atoms with Crippen molar-refractivity contribution >= 4 is 28.3 Å². The van der Waals surface area contributed by atoms with E-state index in [9.17, 15) is 4.79 Å². The van der Waals surface area contributed by atoms with Crippen molar-refractivity contribution < 1.29 is 9.32 Å². The summed E-state index contributed by atoms with van der Waals surface area (Å²) >= 11 is 1.05. The first-order valence-electron chi connectivity index (χ1n) is 4.22. The standard InChI is InChI=1S/C7H8N6O2S/c8-5-4(6(9)14)7(16-13-5)10-1-3-11-2-15-12-3/h2,10H,1H2,(H2,8,13)(H2,9,14). The van der Waals surface area contributed by atoms with Gasteiger partial charge in [0.25, 0.3) is 5.91 Å². The molecule has 0 atom stereocenters. The van der Waals surface area contributed by atoms with Gasteiger partial charge in [-0.3, -0.25) is 4.79 Å². The number of hydrogen-bond acceptors (Lipinski definition) is 8. The van der Waals surface area contributed by atoms with Crippen LogP contribution in [0.5, 0.6) is 0 Å². The van der Waals surface area contributed by atoms with Crippen molar-refractivity contribution in [2.24, 2.45) is 5.73 Å². The van der Waals surface area contributed by atoms with Gasteiger partial charge in [-0.05, 0) is 11.5 Å². The second-order valence-electron chi connectivity index (χ2n) is 2.84. The first-order valence-corrected chi connectivity index (χ1v) is 5.00. The predicted octanol–water partition coefficient (Wildman–Crippen LogP) is -0.181. The molecule has 0 fully saturated rings. The number of nitrogens with zero attached hydrogens (tertiary/aromatic N) is 3. The third-order valence-corrected chi connectivity index (χ3v) is 2.60. The Bertz CT molecular complexity index is 493. The van der Waals surface area contributed by atoms with Gasteiger partial charge in [-0.25, -0.2) is 0 Å². The molecule has 2 heterocycles. The summed E-state index contributed by atoms with van der Waals surface area (Å²) in [5.74, 6) is -0.0441. The van der Waals surface area contributed by atoms with Gasteiger partial charge in [0.15, 0.2) is 11.6 Å². The summed E-state index contributed by atoms with van der Waals surface area (Å²) < 4.78 is 8.39. The maximum atomic E-state index is 11.1. The molecular formula is C7H8N6O2S. The molecule has 2 aromatic rings. The zero-order chi connectivity index (χ0) is 11.5. The van der Waals surface area contributed by atoms with Crippen LogP contribution in [0.1, 0.15) is 16.2 Å². The summed E-state index contributed by atoms with van der Waals surface area (Å²) in [5.41, 5.74) is 10.9. The summed E-state index contributed by atoms with van der Waals surface area (Å²) in [6.45, 7) is 0.304. The summed E-state index contributed by atoms with van der Waals surface area (Å²) in [6.07, 6.45) is 1.22. The molecule has 2 rings (SSSR count). The molecule has 2 aromatic heterocycles. The fourth-order valence-electron chi connectivity index (χ4n) is 1.09. The Labute approximate surface area is 93.8 Å². The lowest BCUT2D eigenvalue weighted by Gasteiger charge is -2.01. The molecule has 0 saturated heterocycles. The lowest BCUT2D eigenvalue weighted by Crippen LogP contribution is -2.14. The minimum absolute atomic E-state index is 0.119. The summed E-state index contributed by atoms with van der Waals surface area (Å²) in [4.78, 5) is 14.9. The lowest BCUT2D eigenvalue weighted by molar-refractivity contribution is 0.100. The van der Waals surface area contributed by atoms with Gasteiger partial charge in [0.05, 0.1) is 6.54 Å². The van der Waals surface area contributed by atoms with E-state index in [1.165, 1.54) is 6.39 Å². The highest BCUT2D eigenvalue weighted by atomic mass is 32.1. The van der Waals surface area contributed by atoms with E-state index in [1.807, 2.05) is 0 Å². The Hall–Kier alpha value is -2.16. The summed E-state index contributed by atoms with van der Waals surface area (Å²) in [5, 5.41) is 7.00. The smallest absolute Gasteiger partial charge is 0.255 e. The van der Waals surface area contributed by atoms with E-state index in [0.29, 0.717) is 17.4 Å². The Morgan fingerprint density at radius 2 is 2.44 bits per heavy atom. The minimum atomic E-state index is -0.623. The van der Waals surface area contributed by atoms with Gasteiger partial charge in [0.1, 0.15) is 10.6 Å². The van der Waals surface area contributed by atoms with Crippen LogP contribution in [0.3, 0.4) is 0 Å². The molecule has 0 aliphatic rings. The van der Waals surface area contributed by atoms with Crippen LogP contribution < -0.4 is 16.8 Å². The number of nitrogens with one attached hydrogen (secondary N) is 1. The molecule has 0 aliphatic carbocycles. The van der Waals surface area contributed by atoms with Crippen LogP contribution in [0.25, 0.3) is 0 Å². The van der Waals surface area contributed by atoms with Crippen LogP contribution in [0.15, 0.2) is 10.9 Å². The van der Waals surface area contributed by atoms with E-state index >= 15 is 0 Å². The second-order valence-corrected chi connectivity index (χ2v) is 3.61. The number of hydrogen-bond donors (Lipinski definition) is 3. The van der Waals surface area contributed by atoms with Gasteiger partial charge >= 0.3 is 0 Å². The van der Waals surface area contributed by atoms with Crippen molar-refractivity contribution in [1.29, 1.82) is 0 Å². The molecule has 0 spiro atoms. The predicted molar refractivity (Wildman–Crippen MR) is 56.7 cm³/mol. The summed E-state index contributed by atoms with van der Waals surface area (Å²) in [6, 6.07) is 0. The number of rotatable bonds is 4. The zero-order valence-corrected chi connectivity index (χ0v) is 8.82. The molecule has 0 saturated carbocycles. The largest absolute Gasteiger partial charge is 0.382 e. The number of nitrogen functional groups attached to an aromatic ring is 1. The van der Waals surface area contributed by atoms with Crippen molar-refractivity contribution in [3.05, 3.63) is 17.8 Å². The zero-order valence-electron chi connectivity index (χ0n) is 8.01. The van der Waals surface area contributed by atoms with Crippen molar-refractivity contribution in [2.45, 2.75) is 6.54 Å². The van der Waals surface area contributed by atoms with Crippen molar-refractivity contribution in [3.8, 4) is 0 Å². The van der Waals surface area contributed by atoms with Gasteiger partial charge in [-0.1, -0.05) is 5.16 Å². The van der Waals surface area contributed by atoms with E-state index < -0.39 is 5.91 Å². The first-order chi connectivity index (χ1) is 7.68. The highest BCUT2D eigenvalue weighted by Crippen LogP contribution is 2.26. The van der Waals surface area contributed by atoms with Gasteiger partial charge in [-0.2, -0.15) is 9.36 Å². The van der Waals surface area contributed by atoms with Crippen LogP contribution in [0.4, 0.5) is 10.8 Å². The minimum Gasteiger partial charge on any atom is -0.382 e. The lowest BCUT2D eigenvalue weighted by atomic mass is 10.3. The average molecular weight is 240 g/mol. The second kappa shape index (κ2) is 4.14. The van der Waals surface area contributed by atoms with E-state index in [-0.39, 0.29) is 11.4 Å². The molecule has 16 heavy (non-hydrogen) atoms. The molecule has 9 heteroatoms. The number of aromatic nitrogens is 3. The van der Waals surface area contributed by atoms with Crippen molar-refractivity contribution in [2.75, 3.05) is 11.1 Å². The first kappa shape index (κ1) is 10.4. The Kier molecular flexibility index (Phi) is 2.68. The number of amides is 1. The van der Waals surface area contributed by atoms with Crippen LogP contribution in [0, 0.1) is 0 Å². The third-order valence-electron chi connectivity index (χ3n) is 1.78. The fraction of sp³-hybridized carbons (Fsp3) is 0.143. The number of nitrogens with two attached hydrogens (primary N) is 2. The Morgan fingerprint density at radius 1 is 1.62 bits per heavy atom. The summed E-state index contributed by atoms with van der Waals surface area (Å²) in [7, 11) is 0. The molecule has 0 unspecified atom stereocenters. The highest BCUT2D eigenvalue weighted by Gasteiger charge is 2.16. The monoisotopic (exact) mass is 240 g/mol. The van der Waals surface area contributed by atoms with Crippen molar-refractivity contribution in [1.82, 2.24) is 14.5 Å². The van der Waals surface area contributed by atoms with Gasteiger partial charge in [0, 0.05) is 0 Å². The number of primary amides is 1. The number of anilines is 2. The molecule has 8 nitrogen and oxygen atoms in total. The molecule has 0 aliphatic heterocycles. The molecular weight excluding hydrogens is 232 g/mol. The van der Waals surface area contributed by atoms with Crippen LogP contribution in [0.2, 0.25) is 0 Å². The topological polar surface area (TPSA) is 133 Å². The maximum absolute atomic E-state index is 11.1. The normalized spacial score (nSPS) is 10.2. The molecule has 0 aromatic carbocycles. The third kappa shape index (κ3) is 1.93.